The van der Waals surface area contributed by atoms with E-state index in [4.69, 9.17) is 23.4 Å². The van der Waals surface area contributed by atoms with Crippen molar-refractivity contribution in [1.29, 1.82) is 0 Å². The highest BCUT2D eigenvalue weighted by molar-refractivity contribution is 5.83. The Hall–Kier alpha value is -1.80. The number of hydrogen-bond acceptors (Lipinski definition) is 11. The molecule has 0 spiro atoms. The molecular formula is C21H28O11. The molecule has 2 aliphatic heterocycles. The minimum absolute atomic E-state index is 0.251. The fourth-order valence-corrected chi connectivity index (χ4v) is 3.86. The molecule has 11 heteroatoms. The van der Waals surface area contributed by atoms with Gasteiger partial charge in [0.2, 0.25) is 6.29 Å². The highest BCUT2D eigenvalue weighted by atomic mass is 16.7. The molecule has 2 aromatic rings. The van der Waals surface area contributed by atoms with Crippen LogP contribution in [0.2, 0.25) is 0 Å². The van der Waals surface area contributed by atoms with E-state index >= 15 is 0 Å². The summed E-state index contributed by atoms with van der Waals surface area (Å²) in [5.74, 6) is 0.409. The zero-order valence-electron chi connectivity index (χ0n) is 17.6. The minimum atomic E-state index is -1.59. The summed E-state index contributed by atoms with van der Waals surface area (Å²) in [5, 5.41) is 61.1. The van der Waals surface area contributed by atoms with Crippen molar-refractivity contribution >= 4 is 11.0 Å². The van der Waals surface area contributed by atoms with E-state index in [1.807, 2.05) is 13.8 Å². The van der Waals surface area contributed by atoms with Crippen molar-refractivity contribution in [3.63, 3.8) is 0 Å². The maximum Gasteiger partial charge on any atom is 0.229 e. The smallest absolute Gasteiger partial charge is 0.229 e. The normalized spacial score (nSPS) is 38.2. The third-order valence-corrected chi connectivity index (χ3v) is 6.05. The van der Waals surface area contributed by atoms with E-state index in [1.54, 1.807) is 18.4 Å². The Bertz CT molecular complexity index is 930. The molecule has 0 radical (unpaired) electrons. The molecule has 0 bridgehead atoms. The van der Waals surface area contributed by atoms with Crippen LogP contribution >= 0.6 is 0 Å². The van der Waals surface area contributed by atoms with Gasteiger partial charge >= 0.3 is 0 Å². The zero-order chi connectivity index (χ0) is 23.2. The van der Waals surface area contributed by atoms with E-state index in [2.05, 4.69) is 0 Å². The summed E-state index contributed by atoms with van der Waals surface area (Å²) in [6.07, 6.45) is -11.1. The number of hydrogen-bond donors (Lipinski definition) is 6. The van der Waals surface area contributed by atoms with Gasteiger partial charge in [0, 0.05) is 5.39 Å². The van der Waals surface area contributed by atoms with Crippen molar-refractivity contribution in [2.45, 2.75) is 69.2 Å². The van der Waals surface area contributed by atoms with Gasteiger partial charge in [-0.1, -0.05) is 0 Å². The number of ether oxygens (including phenoxy) is 4. The van der Waals surface area contributed by atoms with Crippen molar-refractivity contribution in [2.75, 3.05) is 13.2 Å². The van der Waals surface area contributed by atoms with Gasteiger partial charge in [-0.05, 0) is 37.1 Å². The summed E-state index contributed by atoms with van der Waals surface area (Å²) in [4.78, 5) is 0. The van der Waals surface area contributed by atoms with Gasteiger partial charge in [-0.3, -0.25) is 0 Å². The molecule has 0 amide bonds. The van der Waals surface area contributed by atoms with E-state index in [1.165, 1.54) is 0 Å². The SMILES string of the molecule is Cc1c(O[C@@H]2O[C@H](CO[C@@H]3OC[C@@H](O)[C@H](O)[C@H]3O)[C@@H](O)[C@H](O)[C@H]2O)cc2ccoc2c1C. The van der Waals surface area contributed by atoms with Gasteiger partial charge in [0.25, 0.3) is 0 Å². The predicted octanol–water partition coefficient (Wildman–Crippen LogP) is -1.31. The molecule has 2 fully saturated rings. The third kappa shape index (κ3) is 4.23. The Kier molecular flexibility index (Phi) is 6.73. The van der Waals surface area contributed by atoms with Crippen molar-refractivity contribution in [1.82, 2.24) is 0 Å². The van der Waals surface area contributed by atoms with Crippen LogP contribution in [-0.2, 0) is 14.2 Å². The van der Waals surface area contributed by atoms with E-state index in [9.17, 15) is 30.6 Å². The lowest BCUT2D eigenvalue weighted by atomic mass is 9.99. The lowest BCUT2D eigenvalue weighted by Gasteiger charge is -2.41. The van der Waals surface area contributed by atoms with Crippen LogP contribution in [0.15, 0.2) is 22.8 Å². The van der Waals surface area contributed by atoms with Gasteiger partial charge in [0.05, 0.1) is 19.5 Å². The molecule has 0 saturated carbocycles. The van der Waals surface area contributed by atoms with Crippen LogP contribution in [0.5, 0.6) is 5.75 Å². The maximum absolute atomic E-state index is 10.4. The standard InChI is InChI=1S/C21H28O11/c1-8-9(2)19-10(3-4-28-19)5-12(8)31-21-18(27)16(25)15(24)13(32-21)7-30-20-17(26)14(23)11(22)6-29-20/h3-5,11,13-18,20-27H,6-7H2,1-2H3/t11-,13-,14+,15-,16+,17-,18-,20+,21-/m1/s1. The molecule has 3 heterocycles. The predicted molar refractivity (Wildman–Crippen MR) is 107 cm³/mol. The monoisotopic (exact) mass is 456 g/mol. The Morgan fingerprint density at radius 2 is 1.62 bits per heavy atom. The first-order valence-corrected chi connectivity index (χ1v) is 10.3. The first kappa shape index (κ1) is 23.4. The van der Waals surface area contributed by atoms with Crippen LogP contribution in [0.3, 0.4) is 0 Å². The number of aryl methyl sites for hydroxylation is 1. The molecule has 4 rings (SSSR count). The highest BCUT2D eigenvalue weighted by Crippen LogP contribution is 2.33. The molecule has 9 atom stereocenters. The number of aliphatic hydroxyl groups excluding tert-OH is 6. The van der Waals surface area contributed by atoms with Crippen molar-refractivity contribution in [3.05, 3.63) is 29.5 Å². The lowest BCUT2D eigenvalue weighted by Crippen LogP contribution is -2.61. The maximum atomic E-state index is 10.4. The zero-order valence-corrected chi connectivity index (χ0v) is 17.6. The minimum Gasteiger partial charge on any atom is -0.464 e. The second-order valence-electron chi connectivity index (χ2n) is 8.18. The Morgan fingerprint density at radius 3 is 2.38 bits per heavy atom. The van der Waals surface area contributed by atoms with Crippen LogP contribution in [-0.4, -0.2) is 99.2 Å². The number of benzene rings is 1. The topological polar surface area (TPSA) is 171 Å². The second-order valence-corrected chi connectivity index (χ2v) is 8.18. The van der Waals surface area contributed by atoms with Gasteiger partial charge in [0.15, 0.2) is 6.29 Å². The third-order valence-electron chi connectivity index (χ3n) is 6.05. The van der Waals surface area contributed by atoms with E-state index in [0.29, 0.717) is 11.3 Å². The molecular weight excluding hydrogens is 428 g/mol. The van der Waals surface area contributed by atoms with Gasteiger partial charge < -0.3 is 54.0 Å². The largest absolute Gasteiger partial charge is 0.464 e. The quantitative estimate of drug-likeness (QED) is 0.316. The van der Waals surface area contributed by atoms with Crippen molar-refractivity contribution in [2.24, 2.45) is 0 Å². The molecule has 11 nitrogen and oxygen atoms in total. The fourth-order valence-electron chi connectivity index (χ4n) is 3.86. The van der Waals surface area contributed by atoms with Gasteiger partial charge in [-0.25, -0.2) is 0 Å². The Morgan fingerprint density at radius 1 is 0.906 bits per heavy atom. The fraction of sp³-hybridized carbons (Fsp3) is 0.619. The number of rotatable bonds is 5. The number of fused-ring (bicyclic) bond motifs is 1. The summed E-state index contributed by atoms with van der Waals surface area (Å²) in [6.45, 7) is 3.07. The second kappa shape index (κ2) is 9.21. The molecule has 1 aromatic carbocycles. The lowest BCUT2D eigenvalue weighted by molar-refractivity contribution is -0.307. The van der Waals surface area contributed by atoms with Crippen LogP contribution < -0.4 is 4.74 Å². The molecule has 2 aliphatic rings. The summed E-state index contributed by atoms with van der Waals surface area (Å²) in [6, 6.07) is 3.49. The molecule has 178 valence electrons. The van der Waals surface area contributed by atoms with Crippen molar-refractivity contribution < 1.29 is 54.0 Å². The van der Waals surface area contributed by atoms with Crippen molar-refractivity contribution in [3.8, 4) is 5.75 Å². The van der Waals surface area contributed by atoms with Crippen LogP contribution in [0, 0.1) is 13.8 Å². The molecule has 0 aliphatic carbocycles. The van der Waals surface area contributed by atoms with E-state index < -0.39 is 55.3 Å². The van der Waals surface area contributed by atoms with E-state index in [-0.39, 0.29) is 13.2 Å². The summed E-state index contributed by atoms with van der Waals surface area (Å²) >= 11 is 0. The average molecular weight is 456 g/mol. The van der Waals surface area contributed by atoms with Gasteiger partial charge in [-0.15, -0.1) is 0 Å². The number of furan rings is 1. The molecule has 32 heavy (non-hydrogen) atoms. The van der Waals surface area contributed by atoms with Crippen LogP contribution in [0.25, 0.3) is 11.0 Å². The Balaban J connectivity index is 1.46. The average Bonchev–Trinajstić information content (AvgIpc) is 3.25. The first-order chi connectivity index (χ1) is 15.2. The van der Waals surface area contributed by atoms with E-state index in [0.717, 1.165) is 16.5 Å². The summed E-state index contributed by atoms with van der Waals surface area (Å²) in [5.41, 5.74) is 2.31. The molecule has 1 aromatic heterocycles. The van der Waals surface area contributed by atoms with Crippen LogP contribution in [0.4, 0.5) is 0 Å². The summed E-state index contributed by atoms with van der Waals surface area (Å²) in [7, 11) is 0. The first-order valence-electron chi connectivity index (χ1n) is 10.3. The van der Waals surface area contributed by atoms with Gasteiger partial charge in [0.1, 0.15) is 54.1 Å². The molecule has 0 unspecified atom stereocenters. The van der Waals surface area contributed by atoms with Gasteiger partial charge in [-0.2, -0.15) is 0 Å². The Labute approximate surface area is 183 Å². The molecule has 2 saturated heterocycles. The number of aliphatic hydroxyl groups is 6. The highest BCUT2D eigenvalue weighted by Gasteiger charge is 2.46. The molecule has 6 N–H and O–H groups in total. The van der Waals surface area contributed by atoms with Crippen LogP contribution in [0.1, 0.15) is 11.1 Å². The summed E-state index contributed by atoms with van der Waals surface area (Å²) < 4.78 is 27.6.